The van der Waals surface area contributed by atoms with Crippen LogP contribution in [-0.4, -0.2) is 46.4 Å². The number of nitrogens with zero attached hydrogens (tertiary/aromatic N) is 3. The normalized spacial score (nSPS) is 16.6. The van der Waals surface area contributed by atoms with Gasteiger partial charge in [0.15, 0.2) is 5.82 Å². The number of rotatable bonds is 5. The van der Waals surface area contributed by atoms with Gasteiger partial charge in [0, 0.05) is 30.9 Å². The number of carbonyl (C=O) groups excluding carboxylic acids is 2. The molecule has 1 aromatic heterocycles. The van der Waals surface area contributed by atoms with E-state index in [1.807, 2.05) is 24.0 Å². The molecule has 0 unspecified atom stereocenters. The molecule has 1 fully saturated rings. The number of hydrogen-bond acceptors (Lipinski definition) is 4. The lowest BCUT2D eigenvalue weighted by Crippen LogP contribution is -2.44. The van der Waals surface area contributed by atoms with E-state index in [9.17, 15) is 9.59 Å². The highest BCUT2D eigenvalue weighted by molar-refractivity contribution is 6.03. The van der Waals surface area contributed by atoms with Gasteiger partial charge in [-0.2, -0.15) is 5.26 Å². The number of benzene rings is 1. The van der Waals surface area contributed by atoms with Crippen molar-refractivity contribution < 1.29 is 9.59 Å². The fraction of sp³-hybridized carbons (Fsp3) is 0.440. The molecule has 1 aromatic carbocycles. The molecule has 3 N–H and O–H groups in total. The van der Waals surface area contributed by atoms with Crippen molar-refractivity contribution in [3.05, 3.63) is 53.1 Å². The van der Waals surface area contributed by atoms with Gasteiger partial charge in [-0.05, 0) is 74.6 Å². The summed E-state index contributed by atoms with van der Waals surface area (Å²) < 4.78 is 0. The number of nitriles is 1. The molecule has 1 aliphatic heterocycles. The first kappa shape index (κ1) is 22.6. The number of amides is 3. The second-order valence-corrected chi connectivity index (χ2v) is 8.59. The standard InChI is InChI=1S/C25H30N6O2/c1-2-27-25(33)31-12-10-17(11-13-31)19-8-9-22(21(14-19)18-6-4-3-5-7-18)30-24(32)23-28-16-20(15-26)29-23/h6,8-9,14,16-17H,2-5,7,10-13H2,1H3,(H,27,33)(H,28,29)(H,30,32). The zero-order valence-electron chi connectivity index (χ0n) is 19.0. The number of anilines is 1. The maximum absolute atomic E-state index is 12.7. The Hall–Kier alpha value is -3.60. The first-order valence-electron chi connectivity index (χ1n) is 11.7. The van der Waals surface area contributed by atoms with Gasteiger partial charge in [-0.25, -0.2) is 9.78 Å². The monoisotopic (exact) mass is 446 g/mol. The highest BCUT2D eigenvalue weighted by Gasteiger charge is 2.25. The summed E-state index contributed by atoms with van der Waals surface area (Å²) in [5, 5.41) is 14.8. The highest BCUT2D eigenvalue weighted by Crippen LogP contribution is 2.36. The topological polar surface area (TPSA) is 114 Å². The van der Waals surface area contributed by atoms with Crippen LogP contribution in [0.5, 0.6) is 0 Å². The minimum absolute atomic E-state index is 0.0135. The predicted octanol–water partition coefficient (Wildman–Crippen LogP) is 4.40. The summed E-state index contributed by atoms with van der Waals surface area (Å²) in [5.41, 5.74) is 4.57. The Morgan fingerprint density at radius 2 is 2.09 bits per heavy atom. The average Bonchev–Trinajstić information content (AvgIpc) is 3.35. The number of imidazole rings is 1. The molecule has 4 rings (SSSR count). The van der Waals surface area contributed by atoms with E-state index in [0.29, 0.717) is 12.5 Å². The Labute approximate surface area is 194 Å². The van der Waals surface area contributed by atoms with Gasteiger partial charge in [0.2, 0.25) is 0 Å². The number of nitrogens with one attached hydrogen (secondary N) is 3. The van der Waals surface area contributed by atoms with Gasteiger partial charge in [-0.1, -0.05) is 12.1 Å². The molecule has 0 bridgehead atoms. The van der Waals surface area contributed by atoms with Gasteiger partial charge in [0.25, 0.3) is 5.91 Å². The van der Waals surface area contributed by atoms with Crippen LogP contribution in [0.3, 0.4) is 0 Å². The number of carbonyl (C=O) groups is 2. The van der Waals surface area contributed by atoms with Crippen LogP contribution in [0.1, 0.15) is 78.8 Å². The number of hydrogen-bond donors (Lipinski definition) is 3. The van der Waals surface area contributed by atoms with E-state index in [2.05, 4.69) is 38.8 Å². The fourth-order valence-corrected chi connectivity index (χ4v) is 4.63. The Bertz CT molecular complexity index is 1090. The smallest absolute Gasteiger partial charge is 0.317 e. The summed E-state index contributed by atoms with van der Waals surface area (Å²) in [4.78, 5) is 33.5. The summed E-state index contributed by atoms with van der Waals surface area (Å²) in [6.45, 7) is 4.06. The van der Waals surface area contributed by atoms with Gasteiger partial charge in [-0.3, -0.25) is 4.79 Å². The number of piperidine rings is 1. The summed E-state index contributed by atoms with van der Waals surface area (Å²) in [7, 11) is 0. The second kappa shape index (κ2) is 10.3. The van der Waals surface area contributed by atoms with Crippen LogP contribution in [0.15, 0.2) is 30.5 Å². The third kappa shape index (κ3) is 5.25. The van der Waals surface area contributed by atoms with E-state index in [1.165, 1.54) is 23.8 Å². The fourth-order valence-electron chi connectivity index (χ4n) is 4.63. The Balaban J connectivity index is 1.54. The third-order valence-corrected chi connectivity index (χ3v) is 6.42. The Morgan fingerprint density at radius 3 is 2.76 bits per heavy atom. The van der Waals surface area contributed by atoms with Crippen LogP contribution in [0.2, 0.25) is 0 Å². The maximum atomic E-state index is 12.7. The van der Waals surface area contributed by atoms with Crippen LogP contribution < -0.4 is 10.6 Å². The number of allylic oxidation sites excluding steroid dienone is 2. The van der Waals surface area contributed by atoms with Crippen molar-refractivity contribution in [2.45, 2.75) is 51.4 Å². The van der Waals surface area contributed by atoms with E-state index in [-0.39, 0.29) is 23.5 Å². The Kier molecular flexibility index (Phi) is 7.08. The molecule has 0 radical (unpaired) electrons. The molecule has 3 amide bonds. The molecule has 0 atom stereocenters. The van der Waals surface area contributed by atoms with Gasteiger partial charge in [0.05, 0.1) is 6.20 Å². The summed E-state index contributed by atoms with van der Waals surface area (Å²) in [6, 6.07) is 8.23. The molecule has 2 heterocycles. The van der Waals surface area contributed by atoms with Crippen LogP contribution in [0, 0.1) is 11.3 Å². The lowest BCUT2D eigenvalue weighted by atomic mass is 9.85. The zero-order valence-corrected chi connectivity index (χ0v) is 19.0. The number of aromatic amines is 1. The van der Waals surface area contributed by atoms with E-state index in [4.69, 9.17) is 5.26 Å². The molecule has 0 saturated carbocycles. The third-order valence-electron chi connectivity index (χ3n) is 6.42. The van der Waals surface area contributed by atoms with Crippen LogP contribution >= 0.6 is 0 Å². The van der Waals surface area contributed by atoms with Gasteiger partial charge >= 0.3 is 6.03 Å². The van der Waals surface area contributed by atoms with Crippen molar-refractivity contribution >= 4 is 23.2 Å². The number of aromatic nitrogens is 2. The summed E-state index contributed by atoms with van der Waals surface area (Å²) in [5.74, 6) is 0.140. The minimum Gasteiger partial charge on any atom is -0.338 e. The molecular weight excluding hydrogens is 416 g/mol. The average molecular weight is 447 g/mol. The first-order valence-corrected chi connectivity index (χ1v) is 11.7. The largest absolute Gasteiger partial charge is 0.338 e. The zero-order chi connectivity index (χ0) is 23.2. The van der Waals surface area contributed by atoms with Gasteiger partial charge < -0.3 is 20.5 Å². The molecule has 1 aliphatic carbocycles. The first-order chi connectivity index (χ1) is 16.1. The highest BCUT2D eigenvalue weighted by atomic mass is 16.2. The van der Waals surface area contributed by atoms with Gasteiger partial charge in [-0.15, -0.1) is 0 Å². The van der Waals surface area contributed by atoms with E-state index < -0.39 is 0 Å². The van der Waals surface area contributed by atoms with Crippen molar-refractivity contribution in [1.29, 1.82) is 5.26 Å². The van der Waals surface area contributed by atoms with Crippen molar-refractivity contribution in [3.8, 4) is 6.07 Å². The molecule has 2 aliphatic rings. The summed E-state index contributed by atoms with van der Waals surface area (Å²) >= 11 is 0. The van der Waals surface area contributed by atoms with Gasteiger partial charge in [0.1, 0.15) is 11.8 Å². The molecule has 172 valence electrons. The molecular formula is C25H30N6O2. The van der Waals surface area contributed by atoms with Crippen molar-refractivity contribution in [1.82, 2.24) is 20.2 Å². The molecule has 33 heavy (non-hydrogen) atoms. The SMILES string of the molecule is CCNC(=O)N1CCC(c2ccc(NC(=O)c3ncc(C#N)[nH]3)c(C3=CCCCC3)c2)CC1. The van der Waals surface area contributed by atoms with E-state index >= 15 is 0 Å². The van der Waals surface area contributed by atoms with Crippen LogP contribution in [-0.2, 0) is 0 Å². The number of H-pyrrole nitrogens is 1. The minimum atomic E-state index is -0.364. The summed E-state index contributed by atoms with van der Waals surface area (Å²) in [6.07, 6.45) is 9.83. The van der Waals surface area contributed by atoms with Crippen molar-refractivity contribution in [3.63, 3.8) is 0 Å². The van der Waals surface area contributed by atoms with E-state index in [0.717, 1.165) is 56.4 Å². The molecule has 8 heteroatoms. The lowest BCUT2D eigenvalue weighted by molar-refractivity contribution is 0.101. The van der Waals surface area contributed by atoms with Crippen molar-refractivity contribution in [2.75, 3.05) is 25.0 Å². The molecule has 0 spiro atoms. The number of likely N-dealkylation sites (tertiary alicyclic amines) is 1. The molecule has 2 aromatic rings. The second-order valence-electron chi connectivity index (χ2n) is 8.59. The predicted molar refractivity (Wildman–Crippen MR) is 127 cm³/mol. The molecule has 8 nitrogen and oxygen atoms in total. The lowest BCUT2D eigenvalue weighted by Gasteiger charge is -2.32. The quantitative estimate of drug-likeness (QED) is 0.631. The maximum Gasteiger partial charge on any atom is 0.317 e. The number of urea groups is 1. The van der Waals surface area contributed by atoms with Crippen LogP contribution in [0.4, 0.5) is 10.5 Å². The molecule has 1 saturated heterocycles. The van der Waals surface area contributed by atoms with E-state index in [1.54, 1.807) is 0 Å². The van der Waals surface area contributed by atoms with Crippen molar-refractivity contribution in [2.24, 2.45) is 0 Å². The van der Waals surface area contributed by atoms with Crippen LogP contribution in [0.25, 0.3) is 5.57 Å². The Morgan fingerprint density at radius 1 is 1.27 bits per heavy atom.